The zero-order valence-electron chi connectivity index (χ0n) is 13.8. The Labute approximate surface area is 152 Å². The Bertz CT molecular complexity index is 538. The minimum atomic E-state index is -1.83. The number of nitrogens with one attached hydrogen (secondary N) is 2. The van der Waals surface area contributed by atoms with Crippen LogP contribution < -0.4 is 10.8 Å². The van der Waals surface area contributed by atoms with Gasteiger partial charge in [-0.05, 0) is 31.8 Å². The molecule has 0 radical (unpaired) electrons. The predicted molar refractivity (Wildman–Crippen MR) is 96.6 cm³/mol. The summed E-state index contributed by atoms with van der Waals surface area (Å²) in [7, 11) is -1.83. The molecule has 0 spiro atoms. The first-order valence-electron chi connectivity index (χ1n) is 7.40. The summed E-state index contributed by atoms with van der Waals surface area (Å²) in [5.74, 6) is -0.971. The van der Waals surface area contributed by atoms with Crippen molar-refractivity contribution in [2.75, 3.05) is 13.2 Å². The molecule has 1 aromatic rings. The monoisotopic (exact) mass is 392 g/mol. The maximum absolute atomic E-state index is 12.0. The number of carbonyl (C=O) groups is 2. The fraction of sp³-hybridized carbons (Fsp3) is 0.467. The molecule has 0 aromatic heterocycles. The number of halogens is 2. The van der Waals surface area contributed by atoms with Gasteiger partial charge < -0.3 is 14.6 Å². The van der Waals surface area contributed by atoms with Crippen LogP contribution in [0.5, 0.6) is 0 Å². The van der Waals surface area contributed by atoms with E-state index in [0.717, 1.165) is 0 Å². The summed E-state index contributed by atoms with van der Waals surface area (Å²) in [5, 5.41) is 2.56. The molecule has 1 atom stereocenters. The maximum atomic E-state index is 12.0. The lowest BCUT2D eigenvalue weighted by Crippen LogP contribution is -2.48. The van der Waals surface area contributed by atoms with Crippen molar-refractivity contribution in [3.63, 3.8) is 0 Å². The van der Waals surface area contributed by atoms with Crippen molar-refractivity contribution in [2.24, 2.45) is 0 Å². The van der Waals surface area contributed by atoms with E-state index in [2.05, 4.69) is 10.8 Å². The fourth-order valence-corrected chi connectivity index (χ4v) is 2.20. The molecule has 1 rings (SSSR count). The Kier molecular flexibility index (Phi) is 8.72. The molecule has 0 aliphatic carbocycles. The standard InChI is InChI=1S/C15H22Cl2N2O4Si/c1-24(2,3)23-19-12(9-18-14(20)13(16)17)10-22-15(21)11-7-5-4-6-8-11/h4-8,12-13,19H,9-10H2,1-3H3,(H,18,20). The summed E-state index contributed by atoms with van der Waals surface area (Å²) in [6.07, 6.45) is 0. The van der Waals surface area contributed by atoms with Crippen LogP contribution in [0.4, 0.5) is 0 Å². The molecular weight excluding hydrogens is 371 g/mol. The van der Waals surface area contributed by atoms with E-state index in [-0.39, 0.29) is 13.2 Å². The van der Waals surface area contributed by atoms with E-state index < -0.39 is 31.1 Å². The number of amides is 1. The fourth-order valence-electron chi connectivity index (χ4n) is 1.53. The second-order valence-corrected chi connectivity index (χ2v) is 11.6. The number of alkyl halides is 2. The molecule has 24 heavy (non-hydrogen) atoms. The third-order valence-electron chi connectivity index (χ3n) is 2.68. The third-order valence-corrected chi connectivity index (χ3v) is 3.80. The van der Waals surface area contributed by atoms with E-state index in [1.54, 1.807) is 24.3 Å². The SMILES string of the molecule is C[Si](C)(C)ONC(CNC(=O)C(Cl)Cl)COC(=O)c1ccccc1. The van der Waals surface area contributed by atoms with Gasteiger partial charge in [-0.2, -0.15) is 0 Å². The van der Waals surface area contributed by atoms with Gasteiger partial charge in [-0.15, -0.1) is 0 Å². The maximum Gasteiger partial charge on any atom is 0.338 e. The van der Waals surface area contributed by atoms with Crippen molar-refractivity contribution >= 4 is 43.4 Å². The lowest BCUT2D eigenvalue weighted by Gasteiger charge is -2.24. The third kappa shape index (κ3) is 8.65. The Morgan fingerprint density at radius 1 is 1.17 bits per heavy atom. The van der Waals surface area contributed by atoms with Crippen molar-refractivity contribution < 1.29 is 18.9 Å². The minimum absolute atomic E-state index is 0.0216. The predicted octanol–water partition coefficient (Wildman–Crippen LogP) is 2.49. The Hall–Kier alpha value is -1.12. The van der Waals surface area contributed by atoms with Gasteiger partial charge in [0.1, 0.15) is 6.61 Å². The molecule has 0 saturated heterocycles. The first-order chi connectivity index (χ1) is 11.2. The molecule has 0 saturated carbocycles. The van der Waals surface area contributed by atoms with Crippen molar-refractivity contribution in [1.82, 2.24) is 10.8 Å². The van der Waals surface area contributed by atoms with Crippen molar-refractivity contribution in [3.8, 4) is 0 Å². The van der Waals surface area contributed by atoms with Gasteiger partial charge in [0.25, 0.3) is 5.91 Å². The number of carbonyl (C=O) groups excluding carboxylic acids is 2. The summed E-state index contributed by atoms with van der Waals surface area (Å²) >= 11 is 11.0. The van der Waals surface area contributed by atoms with Gasteiger partial charge in [0, 0.05) is 6.54 Å². The highest BCUT2D eigenvalue weighted by Gasteiger charge is 2.21. The van der Waals surface area contributed by atoms with E-state index in [0.29, 0.717) is 5.56 Å². The van der Waals surface area contributed by atoms with E-state index in [1.807, 2.05) is 25.7 Å². The Balaban J connectivity index is 2.56. The highest BCUT2D eigenvalue weighted by molar-refractivity contribution is 6.69. The van der Waals surface area contributed by atoms with Crippen LogP contribution >= 0.6 is 23.2 Å². The zero-order chi connectivity index (χ0) is 18.2. The van der Waals surface area contributed by atoms with Crippen molar-refractivity contribution in [3.05, 3.63) is 35.9 Å². The lowest BCUT2D eigenvalue weighted by molar-refractivity contribution is -0.119. The molecule has 0 aliphatic heterocycles. The topological polar surface area (TPSA) is 76.7 Å². The highest BCUT2D eigenvalue weighted by atomic mass is 35.5. The van der Waals surface area contributed by atoms with E-state index in [1.165, 1.54) is 0 Å². The van der Waals surface area contributed by atoms with Crippen LogP contribution in [0.15, 0.2) is 30.3 Å². The largest absolute Gasteiger partial charge is 0.460 e. The van der Waals surface area contributed by atoms with Crippen LogP contribution in [0.2, 0.25) is 19.6 Å². The minimum Gasteiger partial charge on any atom is -0.460 e. The number of esters is 1. The van der Waals surface area contributed by atoms with Crippen molar-refractivity contribution in [2.45, 2.75) is 30.5 Å². The quantitative estimate of drug-likeness (QED) is 0.292. The van der Waals surface area contributed by atoms with Crippen LogP contribution in [0.25, 0.3) is 0 Å². The molecule has 9 heteroatoms. The normalized spacial score (nSPS) is 12.8. The average molecular weight is 393 g/mol. The van der Waals surface area contributed by atoms with Crippen LogP contribution in [0.3, 0.4) is 0 Å². The van der Waals surface area contributed by atoms with Gasteiger partial charge in [-0.25, -0.2) is 10.3 Å². The van der Waals surface area contributed by atoms with Gasteiger partial charge in [0.05, 0.1) is 11.6 Å². The molecular formula is C15H22Cl2N2O4Si. The van der Waals surface area contributed by atoms with Gasteiger partial charge in [-0.1, -0.05) is 41.4 Å². The summed E-state index contributed by atoms with van der Waals surface area (Å²) in [6.45, 7) is 6.17. The lowest BCUT2D eigenvalue weighted by atomic mass is 10.2. The van der Waals surface area contributed by atoms with Crippen molar-refractivity contribution in [1.29, 1.82) is 0 Å². The summed E-state index contributed by atoms with van der Waals surface area (Å²) in [6, 6.07) is 8.21. The van der Waals surface area contributed by atoms with Crippen LogP contribution in [-0.2, 0) is 14.1 Å². The molecule has 2 N–H and O–H groups in total. The van der Waals surface area contributed by atoms with Gasteiger partial charge in [-0.3, -0.25) is 4.79 Å². The van der Waals surface area contributed by atoms with Gasteiger partial charge in [0.15, 0.2) is 4.84 Å². The summed E-state index contributed by atoms with van der Waals surface area (Å²) < 4.78 is 10.9. The number of benzene rings is 1. The molecule has 0 heterocycles. The molecule has 0 aliphatic rings. The molecule has 1 unspecified atom stereocenters. The van der Waals surface area contributed by atoms with Gasteiger partial charge in [0.2, 0.25) is 8.32 Å². The Morgan fingerprint density at radius 3 is 2.33 bits per heavy atom. The second-order valence-electron chi connectivity index (χ2n) is 6.04. The number of hydrogen-bond donors (Lipinski definition) is 2. The zero-order valence-corrected chi connectivity index (χ0v) is 16.4. The first kappa shape index (κ1) is 20.9. The molecule has 0 bridgehead atoms. The second kappa shape index (κ2) is 10.0. The van der Waals surface area contributed by atoms with E-state index >= 15 is 0 Å². The van der Waals surface area contributed by atoms with Crippen LogP contribution in [-0.4, -0.2) is 44.2 Å². The van der Waals surface area contributed by atoms with E-state index in [9.17, 15) is 9.59 Å². The molecule has 0 fully saturated rings. The van der Waals surface area contributed by atoms with Crippen LogP contribution in [0, 0.1) is 0 Å². The number of rotatable bonds is 9. The summed E-state index contributed by atoms with van der Waals surface area (Å²) in [4.78, 5) is 22.3. The molecule has 1 amide bonds. The number of ether oxygens (including phenoxy) is 1. The molecule has 1 aromatic carbocycles. The Morgan fingerprint density at radius 2 is 1.79 bits per heavy atom. The number of hydroxylamine groups is 1. The molecule has 6 nitrogen and oxygen atoms in total. The molecule has 134 valence electrons. The highest BCUT2D eigenvalue weighted by Crippen LogP contribution is 2.04. The van der Waals surface area contributed by atoms with E-state index in [4.69, 9.17) is 32.5 Å². The number of hydrogen-bond acceptors (Lipinski definition) is 5. The van der Waals surface area contributed by atoms with Gasteiger partial charge >= 0.3 is 5.97 Å². The average Bonchev–Trinajstić information content (AvgIpc) is 2.53. The van der Waals surface area contributed by atoms with Crippen LogP contribution in [0.1, 0.15) is 10.4 Å². The first-order valence-corrected chi connectivity index (χ1v) is 11.7. The smallest absolute Gasteiger partial charge is 0.338 e. The summed E-state index contributed by atoms with van der Waals surface area (Å²) in [5.41, 5.74) is 3.30.